The highest BCUT2D eigenvalue weighted by Crippen LogP contribution is 2.36. The molecule has 1 aromatic carbocycles. The predicted molar refractivity (Wildman–Crippen MR) is 68.9 cm³/mol. The van der Waals surface area contributed by atoms with Gasteiger partial charge in [-0.1, -0.05) is 23.7 Å². The fraction of sp³-hybridized carbons (Fsp3) is 0.462. The summed E-state index contributed by atoms with van der Waals surface area (Å²) in [5.74, 6) is 0. The van der Waals surface area contributed by atoms with Gasteiger partial charge in [-0.15, -0.1) is 0 Å². The molecule has 0 radical (unpaired) electrons. The zero-order chi connectivity index (χ0) is 13.3. The maximum absolute atomic E-state index is 10.8. The maximum Gasteiger partial charge on any atom is 0.407 e. The van der Waals surface area contributed by atoms with Crippen molar-refractivity contribution in [2.24, 2.45) is 0 Å². The van der Waals surface area contributed by atoms with Crippen LogP contribution in [0.2, 0.25) is 5.02 Å². The largest absolute Gasteiger partial charge is 0.465 e. The van der Waals surface area contributed by atoms with Crippen LogP contribution in [0.15, 0.2) is 18.2 Å². The first kappa shape index (κ1) is 13.2. The van der Waals surface area contributed by atoms with E-state index in [9.17, 15) is 9.90 Å². The Hall–Kier alpha value is -1.26. The van der Waals surface area contributed by atoms with Crippen LogP contribution in [0.3, 0.4) is 0 Å². The second kappa shape index (κ2) is 4.78. The Morgan fingerprint density at radius 2 is 2.00 bits per heavy atom. The van der Waals surface area contributed by atoms with Crippen LogP contribution in [0, 0.1) is 6.92 Å². The zero-order valence-electron chi connectivity index (χ0n) is 10.2. The van der Waals surface area contributed by atoms with Crippen LogP contribution in [0.5, 0.6) is 0 Å². The Kier molecular flexibility index (Phi) is 3.50. The molecule has 0 aliphatic carbocycles. The van der Waals surface area contributed by atoms with Gasteiger partial charge < -0.3 is 15.1 Å². The van der Waals surface area contributed by atoms with Crippen molar-refractivity contribution in [1.82, 2.24) is 4.90 Å². The van der Waals surface area contributed by atoms with Crippen molar-refractivity contribution in [2.75, 3.05) is 13.1 Å². The molecular formula is C13H16ClNO3. The molecule has 4 nitrogen and oxygen atoms in total. The van der Waals surface area contributed by atoms with E-state index in [4.69, 9.17) is 16.7 Å². The van der Waals surface area contributed by atoms with E-state index in [1.807, 2.05) is 19.1 Å². The monoisotopic (exact) mass is 269 g/mol. The topological polar surface area (TPSA) is 60.8 Å². The fourth-order valence-corrected chi connectivity index (χ4v) is 2.62. The SMILES string of the molecule is Cc1c(Cl)cccc1C1(O)CCN(C(=O)O)CC1. The molecule has 2 N–H and O–H groups in total. The van der Waals surface area contributed by atoms with Gasteiger partial charge in [0.15, 0.2) is 0 Å². The van der Waals surface area contributed by atoms with Gasteiger partial charge in [0.25, 0.3) is 0 Å². The number of carbonyl (C=O) groups is 1. The number of nitrogens with zero attached hydrogens (tertiary/aromatic N) is 1. The summed E-state index contributed by atoms with van der Waals surface area (Å²) >= 11 is 6.06. The molecule has 1 fully saturated rings. The Bertz CT molecular complexity index is 467. The van der Waals surface area contributed by atoms with Gasteiger partial charge in [-0.05, 0) is 37.0 Å². The summed E-state index contributed by atoms with van der Waals surface area (Å²) in [4.78, 5) is 12.2. The Morgan fingerprint density at radius 3 is 2.56 bits per heavy atom. The molecule has 1 saturated heterocycles. The van der Waals surface area contributed by atoms with Gasteiger partial charge in [0.05, 0.1) is 5.60 Å². The second-order valence-corrected chi connectivity index (χ2v) is 5.12. The van der Waals surface area contributed by atoms with Crippen LogP contribution in [0.25, 0.3) is 0 Å². The summed E-state index contributed by atoms with van der Waals surface area (Å²) in [6.07, 6.45) is -0.124. The number of benzene rings is 1. The Labute approximate surface area is 111 Å². The van der Waals surface area contributed by atoms with Gasteiger partial charge in [0.2, 0.25) is 0 Å². The first-order valence-electron chi connectivity index (χ1n) is 5.90. The first-order chi connectivity index (χ1) is 8.44. The number of hydrogen-bond donors (Lipinski definition) is 2. The number of aliphatic hydroxyl groups is 1. The number of amides is 1. The third kappa shape index (κ3) is 2.31. The van der Waals surface area contributed by atoms with E-state index in [2.05, 4.69) is 0 Å². The Morgan fingerprint density at radius 1 is 1.39 bits per heavy atom. The lowest BCUT2D eigenvalue weighted by Gasteiger charge is -2.38. The van der Waals surface area contributed by atoms with E-state index >= 15 is 0 Å². The van der Waals surface area contributed by atoms with E-state index in [-0.39, 0.29) is 0 Å². The third-order valence-corrected chi connectivity index (χ3v) is 4.04. The second-order valence-electron chi connectivity index (χ2n) is 4.71. The summed E-state index contributed by atoms with van der Waals surface area (Å²) in [5, 5.41) is 20.2. The van der Waals surface area contributed by atoms with Gasteiger partial charge in [0.1, 0.15) is 0 Å². The zero-order valence-corrected chi connectivity index (χ0v) is 10.9. The lowest BCUT2D eigenvalue weighted by Crippen LogP contribution is -2.44. The molecule has 5 heteroatoms. The van der Waals surface area contributed by atoms with E-state index in [1.165, 1.54) is 4.90 Å². The molecular weight excluding hydrogens is 254 g/mol. The van der Waals surface area contributed by atoms with Gasteiger partial charge in [-0.3, -0.25) is 0 Å². The summed E-state index contributed by atoms with van der Waals surface area (Å²) < 4.78 is 0. The van der Waals surface area contributed by atoms with Crippen LogP contribution in [-0.4, -0.2) is 34.3 Å². The van der Waals surface area contributed by atoms with Crippen molar-refractivity contribution in [3.8, 4) is 0 Å². The molecule has 0 aromatic heterocycles. The lowest BCUT2D eigenvalue weighted by atomic mass is 9.82. The molecule has 0 saturated carbocycles. The van der Waals surface area contributed by atoms with Gasteiger partial charge in [-0.2, -0.15) is 0 Å². The van der Waals surface area contributed by atoms with Crippen molar-refractivity contribution in [3.63, 3.8) is 0 Å². The molecule has 1 amide bonds. The van der Waals surface area contributed by atoms with Crippen molar-refractivity contribution >= 4 is 17.7 Å². The van der Waals surface area contributed by atoms with E-state index < -0.39 is 11.7 Å². The smallest absolute Gasteiger partial charge is 0.407 e. The van der Waals surface area contributed by atoms with Crippen molar-refractivity contribution in [2.45, 2.75) is 25.4 Å². The van der Waals surface area contributed by atoms with Crippen molar-refractivity contribution in [3.05, 3.63) is 34.3 Å². The summed E-state index contributed by atoms with van der Waals surface area (Å²) in [7, 11) is 0. The third-order valence-electron chi connectivity index (χ3n) is 3.63. The number of piperidine rings is 1. The van der Waals surface area contributed by atoms with Crippen LogP contribution in [-0.2, 0) is 5.60 Å². The molecule has 1 heterocycles. The van der Waals surface area contributed by atoms with Crippen molar-refractivity contribution in [1.29, 1.82) is 0 Å². The quantitative estimate of drug-likeness (QED) is 0.824. The summed E-state index contributed by atoms with van der Waals surface area (Å²) in [6, 6.07) is 5.46. The maximum atomic E-state index is 10.8. The average molecular weight is 270 g/mol. The molecule has 1 aliphatic rings. The lowest BCUT2D eigenvalue weighted by molar-refractivity contribution is -0.0217. The summed E-state index contributed by atoms with van der Waals surface area (Å²) in [5.41, 5.74) is 0.700. The summed E-state index contributed by atoms with van der Waals surface area (Å²) in [6.45, 7) is 2.56. The highest BCUT2D eigenvalue weighted by molar-refractivity contribution is 6.31. The van der Waals surface area contributed by atoms with E-state index in [1.54, 1.807) is 6.07 Å². The molecule has 1 aliphatic heterocycles. The normalized spacial score (nSPS) is 18.7. The number of carboxylic acid groups (broad SMARTS) is 1. The van der Waals surface area contributed by atoms with Crippen LogP contribution < -0.4 is 0 Å². The molecule has 1 aromatic rings. The molecule has 18 heavy (non-hydrogen) atoms. The molecule has 0 atom stereocenters. The van der Waals surface area contributed by atoms with Gasteiger partial charge in [0, 0.05) is 18.1 Å². The highest BCUT2D eigenvalue weighted by atomic mass is 35.5. The van der Waals surface area contributed by atoms with E-state index in [0.717, 1.165) is 11.1 Å². The molecule has 0 bridgehead atoms. The highest BCUT2D eigenvalue weighted by Gasteiger charge is 2.36. The molecule has 0 spiro atoms. The van der Waals surface area contributed by atoms with Crippen molar-refractivity contribution < 1.29 is 15.0 Å². The van der Waals surface area contributed by atoms with E-state index in [0.29, 0.717) is 31.0 Å². The van der Waals surface area contributed by atoms with Gasteiger partial charge in [-0.25, -0.2) is 4.79 Å². The number of likely N-dealkylation sites (tertiary alicyclic amines) is 1. The minimum Gasteiger partial charge on any atom is -0.465 e. The van der Waals surface area contributed by atoms with Crippen LogP contribution in [0.1, 0.15) is 24.0 Å². The Balaban J connectivity index is 2.23. The first-order valence-corrected chi connectivity index (χ1v) is 6.28. The minimum absolute atomic E-state index is 0.345. The molecule has 0 unspecified atom stereocenters. The molecule has 2 rings (SSSR count). The predicted octanol–water partition coefficient (Wildman–Crippen LogP) is 2.61. The molecule has 98 valence electrons. The number of halogens is 1. The standard InChI is InChI=1S/C13H16ClNO3/c1-9-10(3-2-4-11(9)14)13(18)5-7-15(8-6-13)12(16)17/h2-4,18H,5-8H2,1H3,(H,16,17). The van der Waals surface area contributed by atoms with Crippen LogP contribution >= 0.6 is 11.6 Å². The number of rotatable bonds is 1. The number of hydrogen-bond acceptors (Lipinski definition) is 2. The minimum atomic E-state index is -0.971. The fourth-order valence-electron chi connectivity index (χ4n) is 2.45. The van der Waals surface area contributed by atoms with Crippen LogP contribution in [0.4, 0.5) is 4.79 Å². The average Bonchev–Trinajstić information content (AvgIpc) is 2.33. The van der Waals surface area contributed by atoms with Gasteiger partial charge >= 0.3 is 6.09 Å².